The monoisotopic (exact) mass is 172 g/mol. The van der Waals surface area contributed by atoms with Crippen LogP contribution in [-0.4, -0.2) is 24.3 Å². The molecule has 0 spiro atoms. The molecule has 0 aromatic carbocycles. The van der Waals surface area contributed by atoms with Crippen molar-refractivity contribution in [3.8, 4) is 0 Å². The van der Waals surface area contributed by atoms with E-state index >= 15 is 0 Å². The number of hydrogen-bond donors (Lipinski definition) is 2. The minimum absolute atomic E-state index is 0.513. The summed E-state index contributed by atoms with van der Waals surface area (Å²) in [6, 6.07) is 0. The molecule has 2 N–H and O–H groups in total. The van der Waals surface area contributed by atoms with E-state index in [-0.39, 0.29) is 0 Å². The van der Waals surface area contributed by atoms with Crippen molar-refractivity contribution in [2.75, 3.05) is 13.1 Å². The van der Waals surface area contributed by atoms with E-state index in [0.717, 1.165) is 19.3 Å². The fourth-order valence-electron chi connectivity index (χ4n) is 1.06. The molecule has 3 heteroatoms. The highest BCUT2D eigenvalue weighted by Crippen LogP contribution is 1.89. The largest absolute Gasteiger partial charge is 0.512 e. The van der Waals surface area contributed by atoms with Gasteiger partial charge in [-0.2, -0.15) is 4.79 Å². The van der Waals surface area contributed by atoms with E-state index in [2.05, 4.69) is 13.5 Å². The molecule has 0 saturated heterocycles. The Hall–Kier alpha value is -0.830. The number of amides is 1. The third kappa shape index (κ3) is 4.91. The van der Waals surface area contributed by atoms with Crippen LogP contribution < -0.4 is 4.90 Å². The second kappa shape index (κ2) is 6.85. The molecule has 0 aliphatic rings. The van der Waals surface area contributed by atoms with E-state index in [1.54, 1.807) is 6.08 Å². The summed E-state index contributed by atoms with van der Waals surface area (Å²) >= 11 is 0. The Morgan fingerprint density at radius 2 is 2.25 bits per heavy atom. The summed E-state index contributed by atoms with van der Waals surface area (Å²) in [5.41, 5.74) is 0. The zero-order valence-corrected chi connectivity index (χ0v) is 7.68. The first-order valence-corrected chi connectivity index (χ1v) is 4.41. The molecule has 0 aliphatic carbocycles. The summed E-state index contributed by atoms with van der Waals surface area (Å²) in [7, 11) is 0. The lowest BCUT2D eigenvalue weighted by Crippen LogP contribution is -3.14. The first-order chi connectivity index (χ1) is 5.72. The van der Waals surface area contributed by atoms with E-state index in [0.29, 0.717) is 18.0 Å². The second-order valence-corrected chi connectivity index (χ2v) is 2.86. The van der Waals surface area contributed by atoms with Crippen LogP contribution in [0, 0.1) is 0 Å². The maximum absolute atomic E-state index is 10.6. The number of nitrogens with one attached hydrogen (secondary N) is 1. The molecule has 12 heavy (non-hydrogen) atoms. The number of rotatable bonds is 6. The van der Waals surface area contributed by atoms with E-state index in [1.807, 2.05) is 0 Å². The van der Waals surface area contributed by atoms with Gasteiger partial charge in [0.1, 0.15) is 6.54 Å². The molecule has 1 atom stereocenters. The van der Waals surface area contributed by atoms with Crippen molar-refractivity contribution in [1.82, 2.24) is 0 Å². The highest BCUT2D eigenvalue weighted by Gasteiger charge is 2.14. The normalized spacial score (nSPS) is 12.4. The van der Waals surface area contributed by atoms with Crippen molar-refractivity contribution < 1.29 is 14.8 Å². The summed E-state index contributed by atoms with van der Waals surface area (Å²) in [4.78, 5) is 11.2. The second-order valence-electron chi connectivity index (χ2n) is 2.86. The summed E-state index contributed by atoms with van der Waals surface area (Å²) in [5.74, 6) is 0. The van der Waals surface area contributed by atoms with Gasteiger partial charge in [-0.25, -0.2) is 4.90 Å². The molecule has 70 valence electrons. The standard InChI is InChI=1S/C9H17NO2/c1-3-5-6-8-10(7-4-2)9(11)12/h4H,2-3,5-8H2,1H3,(H,11,12)/p+1. The Bertz CT molecular complexity index is 145. The first kappa shape index (κ1) is 11.2. The van der Waals surface area contributed by atoms with Crippen LogP contribution in [0.2, 0.25) is 0 Å². The Kier molecular flexibility index (Phi) is 6.38. The third-order valence-corrected chi connectivity index (χ3v) is 1.78. The predicted octanol–water partition coefficient (Wildman–Crippen LogP) is 0.925. The lowest BCUT2D eigenvalue weighted by Gasteiger charge is -2.09. The van der Waals surface area contributed by atoms with Crippen molar-refractivity contribution in [3.63, 3.8) is 0 Å². The van der Waals surface area contributed by atoms with Crippen molar-refractivity contribution in [1.29, 1.82) is 0 Å². The molecule has 0 aliphatic heterocycles. The first-order valence-electron chi connectivity index (χ1n) is 4.41. The van der Waals surface area contributed by atoms with Crippen LogP contribution in [0.1, 0.15) is 26.2 Å². The van der Waals surface area contributed by atoms with Crippen LogP contribution in [0.5, 0.6) is 0 Å². The number of unbranched alkanes of at least 4 members (excludes halogenated alkanes) is 2. The maximum atomic E-state index is 10.6. The van der Waals surface area contributed by atoms with Crippen LogP contribution in [0.3, 0.4) is 0 Å². The zero-order chi connectivity index (χ0) is 9.40. The van der Waals surface area contributed by atoms with Gasteiger partial charge in [0.25, 0.3) is 0 Å². The van der Waals surface area contributed by atoms with Gasteiger partial charge in [0.05, 0.1) is 6.54 Å². The van der Waals surface area contributed by atoms with Gasteiger partial charge >= 0.3 is 6.09 Å². The third-order valence-electron chi connectivity index (χ3n) is 1.78. The number of carboxylic acid groups (broad SMARTS) is 1. The van der Waals surface area contributed by atoms with Gasteiger partial charge < -0.3 is 5.11 Å². The minimum atomic E-state index is -0.772. The average Bonchev–Trinajstić information content (AvgIpc) is 2.03. The van der Waals surface area contributed by atoms with Crippen LogP contribution in [0.25, 0.3) is 0 Å². The molecule has 0 aromatic heterocycles. The molecule has 0 aromatic rings. The van der Waals surface area contributed by atoms with E-state index < -0.39 is 6.09 Å². The zero-order valence-electron chi connectivity index (χ0n) is 7.68. The van der Waals surface area contributed by atoms with Crippen LogP contribution in [0.15, 0.2) is 12.7 Å². The van der Waals surface area contributed by atoms with E-state index in [4.69, 9.17) is 5.11 Å². The predicted molar refractivity (Wildman–Crippen MR) is 48.4 cm³/mol. The fraction of sp³-hybridized carbons (Fsp3) is 0.667. The maximum Gasteiger partial charge on any atom is 0.512 e. The van der Waals surface area contributed by atoms with Gasteiger partial charge in [-0.15, -0.1) is 0 Å². The van der Waals surface area contributed by atoms with Crippen LogP contribution in [-0.2, 0) is 0 Å². The highest BCUT2D eigenvalue weighted by atomic mass is 16.4. The summed E-state index contributed by atoms with van der Waals surface area (Å²) in [5, 5.41) is 8.72. The SMILES string of the molecule is C=CC[NH+](CCCCC)C(=O)O. The molecule has 0 fully saturated rings. The Morgan fingerprint density at radius 3 is 2.67 bits per heavy atom. The van der Waals surface area contributed by atoms with Crippen molar-refractivity contribution in [2.45, 2.75) is 26.2 Å². The van der Waals surface area contributed by atoms with Crippen LogP contribution in [0.4, 0.5) is 4.79 Å². The smallest absolute Gasteiger partial charge is 0.435 e. The Morgan fingerprint density at radius 1 is 1.58 bits per heavy atom. The molecule has 0 heterocycles. The molecule has 1 amide bonds. The van der Waals surface area contributed by atoms with Gasteiger partial charge in [0.2, 0.25) is 0 Å². The highest BCUT2D eigenvalue weighted by molar-refractivity contribution is 5.53. The number of hydrogen-bond acceptors (Lipinski definition) is 1. The van der Waals surface area contributed by atoms with Crippen molar-refractivity contribution in [3.05, 3.63) is 12.7 Å². The molecule has 0 saturated carbocycles. The van der Waals surface area contributed by atoms with Gasteiger partial charge in [-0.1, -0.05) is 19.9 Å². The van der Waals surface area contributed by atoms with Gasteiger partial charge in [-0.3, -0.25) is 0 Å². The van der Waals surface area contributed by atoms with Gasteiger partial charge in [0, 0.05) is 0 Å². The molecule has 0 radical (unpaired) electrons. The van der Waals surface area contributed by atoms with Crippen LogP contribution >= 0.6 is 0 Å². The molecular weight excluding hydrogens is 154 g/mol. The summed E-state index contributed by atoms with van der Waals surface area (Å²) in [6.07, 6.45) is 4.09. The molecule has 0 bridgehead atoms. The van der Waals surface area contributed by atoms with E-state index in [1.165, 1.54) is 0 Å². The van der Waals surface area contributed by atoms with Gasteiger partial charge in [0.15, 0.2) is 0 Å². The number of carbonyl (C=O) groups is 1. The van der Waals surface area contributed by atoms with Crippen molar-refractivity contribution >= 4 is 6.09 Å². The molecular formula is C9H18NO2+. The minimum Gasteiger partial charge on any atom is -0.435 e. The number of quaternary nitrogens is 1. The topological polar surface area (TPSA) is 41.7 Å². The summed E-state index contributed by atoms with van der Waals surface area (Å²) in [6.45, 7) is 6.85. The fourth-order valence-corrected chi connectivity index (χ4v) is 1.06. The molecule has 3 nitrogen and oxygen atoms in total. The van der Waals surface area contributed by atoms with Crippen molar-refractivity contribution in [2.24, 2.45) is 0 Å². The Labute approximate surface area is 73.7 Å². The van der Waals surface area contributed by atoms with E-state index in [9.17, 15) is 4.79 Å². The Balaban J connectivity index is 3.63. The lowest BCUT2D eigenvalue weighted by atomic mass is 10.2. The average molecular weight is 172 g/mol. The quantitative estimate of drug-likeness (QED) is 0.462. The summed E-state index contributed by atoms with van der Waals surface area (Å²) < 4.78 is 0. The lowest BCUT2D eigenvalue weighted by molar-refractivity contribution is -0.817. The van der Waals surface area contributed by atoms with Gasteiger partial charge in [-0.05, 0) is 18.9 Å². The molecule has 1 unspecified atom stereocenters. The molecule has 0 rings (SSSR count).